The van der Waals surface area contributed by atoms with Crippen LogP contribution < -0.4 is 15.4 Å². The van der Waals surface area contributed by atoms with Crippen LogP contribution >= 0.6 is 11.3 Å². The molecule has 1 amide bonds. The molecule has 1 atom stereocenters. The standard InChI is InChI=1S/C16H19N3O2S/c1-3-19-13-8-11(12-9-22-15(18-12)6-7-17)4-5-14(13)21-10(2)16(19)20/h4-5,8-10H,3,6-7,17H2,1-2H3. The maximum absolute atomic E-state index is 12.2. The number of carbonyl (C=O) groups excluding carboxylic acids is 1. The maximum atomic E-state index is 12.2. The molecule has 0 saturated heterocycles. The van der Waals surface area contributed by atoms with Gasteiger partial charge in [-0.1, -0.05) is 0 Å². The number of fused-ring (bicyclic) bond motifs is 1. The molecule has 1 unspecified atom stereocenters. The third kappa shape index (κ3) is 2.60. The predicted molar refractivity (Wildman–Crippen MR) is 88.4 cm³/mol. The molecule has 3 rings (SSSR count). The molecule has 2 heterocycles. The number of amides is 1. The molecule has 0 aliphatic carbocycles. The fourth-order valence-electron chi connectivity index (χ4n) is 2.57. The number of hydrogen-bond donors (Lipinski definition) is 1. The van der Waals surface area contributed by atoms with E-state index in [0.29, 0.717) is 13.1 Å². The second kappa shape index (κ2) is 6.06. The first-order valence-corrected chi connectivity index (χ1v) is 8.29. The highest BCUT2D eigenvalue weighted by Crippen LogP contribution is 2.37. The van der Waals surface area contributed by atoms with Crippen molar-refractivity contribution in [2.75, 3.05) is 18.0 Å². The highest BCUT2D eigenvalue weighted by Gasteiger charge is 2.30. The lowest BCUT2D eigenvalue weighted by Crippen LogP contribution is -2.44. The van der Waals surface area contributed by atoms with Gasteiger partial charge in [0, 0.05) is 23.9 Å². The van der Waals surface area contributed by atoms with Crippen LogP contribution in [-0.2, 0) is 11.2 Å². The number of nitrogens with two attached hydrogens (primary N) is 1. The Labute approximate surface area is 133 Å². The first-order valence-electron chi connectivity index (χ1n) is 7.41. The van der Waals surface area contributed by atoms with Crippen LogP contribution in [0.4, 0.5) is 5.69 Å². The molecule has 2 aromatic rings. The second-order valence-corrected chi connectivity index (χ2v) is 6.13. The number of likely N-dealkylation sites (N-methyl/N-ethyl adjacent to an activating group) is 1. The van der Waals surface area contributed by atoms with E-state index >= 15 is 0 Å². The second-order valence-electron chi connectivity index (χ2n) is 5.19. The number of carbonyl (C=O) groups is 1. The molecule has 2 N–H and O–H groups in total. The summed E-state index contributed by atoms with van der Waals surface area (Å²) in [5.74, 6) is 0.740. The molecule has 6 heteroatoms. The van der Waals surface area contributed by atoms with Gasteiger partial charge in [-0.05, 0) is 38.6 Å². The van der Waals surface area contributed by atoms with Crippen LogP contribution in [0.5, 0.6) is 5.75 Å². The summed E-state index contributed by atoms with van der Waals surface area (Å²) in [6.45, 7) is 4.97. The van der Waals surface area contributed by atoms with E-state index in [1.165, 1.54) is 0 Å². The Morgan fingerprint density at radius 1 is 1.45 bits per heavy atom. The summed E-state index contributed by atoms with van der Waals surface area (Å²) in [5.41, 5.74) is 8.29. The van der Waals surface area contributed by atoms with Gasteiger partial charge in [-0.3, -0.25) is 4.79 Å². The van der Waals surface area contributed by atoms with Gasteiger partial charge in [-0.2, -0.15) is 0 Å². The Morgan fingerprint density at radius 2 is 2.27 bits per heavy atom. The fraction of sp³-hybridized carbons (Fsp3) is 0.375. The fourth-order valence-corrected chi connectivity index (χ4v) is 3.40. The highest BCUT2D eigenvalue weighted by atomic mass is 32.1. The summed E-state index contributed by atoms with van der Waals surface area (Å²) in [4.78, 5) is 18.6. The quantitative estimate of drug-likeness (QED) is 0.940. The van der Waals surface area contributed by atoms with Crippen molar-refractivity contribution in [1.29, 1.82) is 0 Å². The van der Waals surface area contributed by atoms with Crippen LogP contribution in [0, 0.1) is 0 Å². The number of ether oxygens (including phenoxy) is 1. The van der Waals surface area contributed by atoms with Crippen LogP contribution in [-0.4, -0.2) is 30.1 Å². The number of hydrogen-bond acceptors (Lipinski definition) is 5. The zero-order valence-electron chi connectivity index (χ0n) is 12.7. The van der Waals surface area contributed by atoms with Crippen LogP contribution in [0.2, 0.25) is 0 Å². The highest BCUT2D eigenvalue weighted by molar-refractivity contribution is 7.09. The first-order chi connectivity index (χ1) is 10.6. The van der Waals surface area contributed by atoms with E-state index in [-0.39, 0.29) is 5.91 Å². The molecule has 5 nitrogen and oxygen atoms in total. The van der Waals surface area contributed by atoms with E-state index in [1.54, 1.807) is 23.2 Å². The number of anilines is 1. The molecule has 116 valence electrons. The van der Waals surface area contributed by atoms with E-state index in [0.717, 1.165) is 34.1 Å². The van der Waals surface area contributed by atoms with E-state index < -0.39 is 6.10 Å². The van der Waals surface area contributed by atoms with Gasteiger partial charge in [0.1, 0.15) is 5.75 Å². The monoisotopic (exact) mass is 317 g/mol. The van der Waals surface area contributed by atoms with Gasteiger partial charge < -0.3 is 15.4 Å². The summed E-state index contributed by atoms with van der Waals surface area (Å²) >= 11 is 1.61. The average Bonchev–Trinajstić information content (AvgIpc) is 2.97. The average molecular weight is 317 g/mol. The van der Waals surface area contributed by atoms with Gasteiger partial charge in [-0.15, -0.1) is 11.3 Å². The Balaban J connectivity index is 1.98. The Bertz CT molecular complexity index is 698. The van der Waals surface area contributed by atoms with E-state index in [4.69, 9.17) is 10.5 Å². The zero-order valence-corrected chi connectivity index (χ0v) is 13.5. The van der Waals surface area contributed by atoms with Crippen LogP contribution in [0.3, 0.4) is 0 Å². The summed E-state index contributed by atoms with van der Waals surface area (Å²) < 4.78 is 5.69. The van der Waals surface area contributed by atoms with Crippen LogP contribution in [0.15, 0.2) is 23.6 Å². The van der Waals surface area contributed by atoms with E-state index in [2.05, 4.69) is 4.98 Å². The molecule has 0 radical (unpaired) electrons. The van der Waals surface area contributed by atoms with Crippen LogP contribution in [0.25, 0.3) is 11.3 Å². The summed E-state index contributed by atoms with van der Waals surface area (Å²) in [6, 6.07) is 5.87. The predicted octanol–water partition coefficient (Wildman–Crippen LogP) is 2.45. The van der Waals surface area contributed by atoms with E-state index in [9.17, 15) is 4.79 Å². The Morgan fingerprint density at radius 3 is 3.00 bits per heavy atom. The largest absolute Gasteiger partial charge is 0.479 e. The number of benzene rings is 1. The minimum absolute atomic E-state index is 0.00533. The number of rotatable bonds is 4. The van der Waals surface area contributed by atoms with Crippen molar-refractivity contribution in [3.63, 3.8) is 0 Å². The molecule has 1 aliphatic heterocycles. The van der Waals surface area contributed by atoms with Gasteiger partial charge in [0.2, 0.25) is 0 Å². The summed E-state index contributed by atoms with van der Waals surface area (Å²) in [7, 11) is 0. The SMILES string of the molecule is CCN1C(=O)C(C)Oc2ccc(-c3csc(CCN)n3)cc21. The molecule has 1 aromatic carbocycles. The number of aromatic nitrogens is 1. The minimum Gasteiger partial charge on any atom is -0.479 e. The van der Waals surface area contributed by atoms with Crippen molar-refractivity contribution in [1.82, 2.24) is 4.98 Å². The van der Waals surface area contributed by atoms with Crippen molar-refractivity contribution in [2.24, 2.45) is 5.73 Å². The van der Waals surface area contributed by atoms with Crippen LogP contribution in [0.1, 0.15) is 18.9 Å². The van der Waals surface area contributed by atoms with Crippen molar-refractivity contribution in [3.8, 4) is 17.0 Å². The first kappa shape index (κ1) is 15.0. The van der Waals surface area contributed by atoms with E-state index in [1.807, 2.05) is 30.5 Å². The third-order valence-electron chi connectivity index (χ3n) is 3.69. The summed E-state index contributed by atoms with van der Waals surface area (Å²) in [5, 5.41) is 3.06. The molecule has 1 aromatic heterocycles. The van der Waals surface area contributed by atoms with Crippen molar-refractivity contribution in [3.05, 3.63) is 28.6 Å². The van der Waals surface area contributed by atoms with Gasteiger partial charge in [-0.25, -0.2) is 4.98 Å². The Kier molecular flexibility index (Phi) is 4.13. The summed E-state index contributed by atoms with van der Waals surface area (Å²) in [6.07, 6.45) is 0.351. The molecule has 1 aliphatic rings. The molecule has 22 heavy (non-hydrogen) atoms. The van der Waals surface area contributed by atoms with Gasteiger partial charge >= 0.3 is 0 Å². The Hall–Kier alpha value is -1.92. The lowest BCUT2D eigenvalue weighted by molar-refractivity contribution is -0.125. The number of nitrogens with zero attached hydrogens (tertiary/aromatic N) is 2. The molecular formula is C16H19N3O2S. The van der Waals surface area contributed by atoms with Crippen molar-refractivity contribution in [2.45, 2.75) is 26.4 Å². The maximum Gasteiger partial charge on any atom is 0.267 e. The molecule has 0 spiro atoms. The molecule has 0 bridgehead atoms. The van der Waals surface area contributed by atoms with Gasteiger partial charge in [0.15, 0.2) is 6.10 Å². The molecule has 0 fully saturated rings. The molecular weight excluding hydrogens is 298 g/mol. The topological polar surface area (TPSA) is 68.5 Å². The lowest BCUT2D eigenvalue weighted by Gasteiger charge is -2.32. The van der Waals surface area contributed by atoms with Gasteiger partial charge in [0.05, 0.1) is 16.4 Å². The normalized spacial score (nSPS) is 17.3. The third-order valence-corrected chi connectivity index (χ3v) is 4.60. The van der Waals surface area contributed by atoms with Crippen molar-refractivity contribution >= 4 is 22.9 Å². The zero-order chi connectivity index (χ0) is 15.7. The van der Waals surface area contributed by atoms with Crippen molar-refractivity contribution < 1.29 is 9.53 Å². The number of thiazole rings is 1. The smallest absolute Gasteiger partial charge is 0.267 e. The minimum atomic E-state index is -0.436. The molecule has 0 saturated carbocycles. The van der Waals surface area contributed by atoms with Gasteiger partial charge in [0.25, 0.3) is 5.91 Å². The lowest BCUT2D eigenvalue weighted by atomic mass is 10.1.